The lowest BCUT2D eigenvalue weighted by Crippen LogP contribution is -2.44. The molecule has 1 fully saturated rings. The van der Waals surface area contributed by atoms with Gasteiger partial charge in [-0.3, -0.25) is 0 Å². The van der Waals surface area contributed by atoms with Gasteiger partial charge in [-0.2, -0.15) is 5.26 Å². The van der Waals surface area contributed by atoms with E-state index in [9.17, 15) is 5.26 Å². The van der Waals surface area contributed by atoms with E-state index in [1.807, 2.05) is 24.3 Å². The SMILES string of the molecule is CC1(C)CCCC(C#N)(Nc2ccccc2Br)C1. The second kappa shape index (κ2) is 4.93. The van der Waals surface area contributed by atoms with Gasteiger partial charge in [0.1, 0.15) is 5.54 Å². The van der Waals surface area contributed by atoms with Gasteiger partial charge in [-0.25, -0.2) is 0 Å². The van der Waals surface area contributed by atoms with Crippen LogP contribution in [0.2, 0.25) is 0 Å². The van der Waals surface area contributed by atoms with Gasteiger partial charge in [-0.15, -0.1) is 0 Å². The van der Waals surface area contributed by atoms with Gasteiger partial charge in [0.05, 0.1) is 6.07 Å². The molecular weight excluding hydrogens is 288 g/mol. The number of nitrogens with zero attached hydrogens (tertiary/aromatic N) is 1. The predicted octanol–water partition coefficient (Wildman–Crippen LogP) is 4.72. The molecule has 18 heavy (non-hydrogen) atoms. The Balaban J connectivity index is 2.24. The quantitative estimate of drug-likeness (QED) is 0.858. The van der Waals surface area contributed by atoms with E-state index in [1.54, 1.807) is 0 Å². The van der Waals surface area contributed by atoms with Crippen LogP contribution in [0.1, 0.15) is 39.5 Å². The molecule has 1 aromatic rings. The molecule has 0 radical (unpaired) electrons. The van der Waals surface area contributed by atoms with E-state index in [0.717, 1.165) is 29.4 Å². The normalized spacial score (nSPS) is 26.3. The summed E-state index contributed by atoms with van der Waals surface area (Å²) in [5.41, 5.74) is 0.824. The summed E-state index contributed by atoms with van der Waals surface area (Å²) in [4.78, 5) is 0. The monoisotopic (exact) mass is 306 g/mol. The highest BCUT2D eigenvalue weighted by Crippen LogP contribution is 2.43. The summed E-state index contributed by atoms with van der Waals surface area (Å²) >= 11 is 3.53. The summed E-state index contributed by atoms with van der Waals surface area (Å²) in [6.07, 6.45) is 4.14. The summed E-state index contributed by atoms with van der Waals surface area (Å²) in [5, 5.41) is 13.1. The molecule has 1 atom stereocenters. The zero-order valence-corrected chi connectivity index (χ0v) is 12.5. The highest BCUT2D eigenvalue weighted by Gasteiger charge is 2.40. The van der Waals surface area contributed by atoms with E-state index >= 15 is 0 Å². The Hall–Kier alpha value is -1.01. The maximum atomic E-state index is 9.60. The summed E-state index contributed by atoms with van der Waals surface area (Å²) < 4.78 is 1.02. The first-order chi connectivity index (χ1) is 8.46. The van der Waals surface area contributed by atoms with Gasteiger partial charge >= 0.3 is 0 Å². The van der Waals surface area contributed by atoms with Crippen LogP contribution < -0.4 is 5.32 Å². The molecule has 2 rings (SSSR count). The minimum atomic E-state index is -0.425. The smallest absolute Gasteiger partial charge is 0.125 e. The number of benzene rings is 1. The number of rotatable bonds is 2. The summed E-state index contributed by atoms with van der Waals surface area (Å²) in [7, 11) is 0. The Morgan fingerprint density at radius 3 is 2.61 bits per heavy atom. The van der Waals surface area contributed by atoms with Crippen molar-refractivity contribution < 1.29 is 0 Å². The third-order valence-corrected chi connectivity index (χ3v) is 4.39. The maximum absolute atomic E-state index is 9.60. The van der Waals surface area contributed by atoms with Gasteiger partial charge in [0, 0.05) is 10.2 Å². The molecule has 0 saturated heterocycles. The Kier molecular flexibility index (Phi) is 3.68. The molecule has 96 valence electrons. The number of nitriles is 1. The van der Waals surface area contributed by atoms with Crippen LogP contribution in [0, 0.1) is 16.7 Å². The predicted molar refractivity (Wildman–Crippen MR) is 78.4 cm³/mol. The minimum absolute atomic E-state index is 0.238. The van der Waals surface area contributed by atoms with Crippen molar-refractivity contribution in [3.8, 4) is 6.07 Å². The second-order valence-electron chi connectivity index (χ2n) is 5.99. The third kappa shape index (κ3) is 2.87. The van der Waals surface area contributed by atoms with Gasteiger partial charge < -0.3 is 5.32 Å². The topological polar surface area (TPSA) is 35.8 Å². The van der Waals surface area contributed by atoms with Crippen LogP contribution in [0.15, 0.2) is 28.7 Å². The molecule has 0 aromatic heterocycles. The molecule has 0 bridgehead atoms. The molecule has 1 aliphatic carbocycles. The van der Waals surface area contributed by atoms with Crippen LogP contribution in [0.3, 0.4) is 0 Å². The largest absolute Gasteiger partial charge is 0.366 e. The highest BCUT2D eigenvalue weighted by molar-refractivity contribution is 9.10. The van der Waals surface area contributed by atoms with Crippen LogP contribution in [0.5, 0.6) is 0 Å². The zero-order valence-electron chi connectivity index (χ0n) is 11.0. The van der Waals surface area contributed by atoms with Crippen molar-refractivity contribution in [1.82, 2.24) is 0 Å². The van der Waals surface area contributed by atoms with E-state index in [0.29, 0.717) is 0 Å². The molecule has 1 aliphatic rings. The molecule has 0 heterocycles. The van der Waals surface area contributed by atoms with Crippen molar-refractivity contribution in [2.24, 2.45) is 5.41 Å². The maximum Gasteiger partial charge on any atom is 0.125 e. The fourth-order valence-electron chi connectivity index (χ4n) is 2.91. The number of hydrogen-bond donors (Lipinski definition) is 1. The van der Waals surface area contributed by atoms with E-state index in [4.69, 9.17) is 0 Å². The van der Waals surface area contributed by atoms with Gasteiger partial charge in [-0.05, 0) is 59.2 Å². The molecule has 1 unspecified atom stereocenters. The van der Waals surface area contributed by atoms with E-state index < -0.39 is 5.54 Å². The van der Waals surface area contributed by atoms with E-state index in [2.05, 4.69) is 41.2 Å². The summed E-state index contributed by atoms with van der Waals surface area (Å²) in [6, 6.07) is 10.5. The Morgan fingerprint density at radius 1 is 1.28 bits per heavy atom. The third-order valence-electron chi connectivity index (χ3n) is 3.70. The fraction of sp³-hybridized carbons (Fsp3) is 0.533. The number of nitrogens with one attached hydrogen (secondary N) is 1. The Morgan fingerprint density at radius 2 is 2.00 bits per heavy atom. The van der Waals surface area contributed by atoms with E-state index in [1.165, 1.54) is 6.42 Å². The number of halogens is 1. The van der Waals surface area contributed by atoms with Crippen molar-refractivity contribution in [2.75, 3.05) is 5.32 Å². The van der Waals surface area contributed by atoms with Gasteiger partial charge in [0.15, 0.2) is 0 Å². The van der Waals surface area contributed by atoms with Crippen LogP contribution >= 0.6 is 15.9 Å². The molecule has 2 nitrogen and oxygen atoms in total. The zero-order chi connectivity index (χ0) is 13.2. The van der Waals surface area contributed by atoms with Gasteiger partial charge in [0.2, 0.25) is 0 Å². The average Bonchev–Trinajstić information content (AvgIpc) is 2.31. The minimum Gasteiger partial charge on any atom is -0.366 e. The van der Waals surface area contributed by atoms with Crippen LogP contribution in [-0.4, -0.2) is 5.54 Å². The lowest BCUT2D eigenvalue weighted by Gasteiger charge is -2.41. The summed E-state index contributed by atoms with van der Waals surface area (Å²) in [6.45, 7) is 4.50. The molecule has 3 heteroatoms. The fourth-order valence-corrected chi connectivity index (χ4v) is 3.30. The van der Waals surface area contributed by atoms with Crippen molar-refractivity contribution in [1.29, 1.82) is 5.26 Å². The Labute approximate surface area is 118 Å². The molecule has 1 aromatic carbocycles. The lowest BCUT2D eigenvalue weighted by molar-refractivity contribution is 0.197. The van der Waals surface area contributed by atoms with Crippen molar-refractivity contribution >= 4 is 21.6 Å². The number of para-hydroxylation sites is 1. The van der Waals surface area contributed by atoms with Gasteiger partial charge in [-0.1, -0.05) is 26.0 Å². The standard InChI is InChI=1S/C15H19BrN2/c1-14(2)8-5-9-15(10-14,11-17)18-13-7-4-3-6-12(13)16/h3-4,6-7,18H,5,8-10H2,1-2H3. The van der Waals surface area contributed by atoms with Crippen molar-refractivity contribution in [3.05, 3.63) is 28.7 Å². The van der Waals surface area contributed by atoms with Crippen LogP contribution in [0.25, 0.3) is 0 Å². The lowest BCUT2D eigenvalue weighted by atomic mass is 9.68. The van der Waals surface area contributed by atoms with Crippen LogP contribution in [-0.2, 0) is 0 Å². The first-order valence-electron chi connectivity index (χ1n) is 6.40. The molecular formula is C15H19BrN2. The summed E-state index contributed by atoms with van der Waals surface area (Å²) in [5.74, 6) is 0. The van der Waals surface area contributed by atoms with Crippen LogP contribution in [0.4, 0.5) is 5.69 Å². The molecule has 1 N–H and O–H groups in total. The Bertz CT molecular complexity index is 476. The molecule has 0 aliphatic heterocycles. The first-order valence-corrected chi connectivity index (χ1v) is 7.20. The van der Waals surface area contributed by atoms with E-state index in [-0.39, 0.29) is 5.41 Å². The highest BCUT2D eigenvalue weighted by atomic mass is 79.9. The van der Waals surface area contributed by atoms with Crippen molar-refractivity contribution in [3.63, 3.8) is 0 Å². The number of hydrogen-bond acceptors (Lipinski definition) is 2. The number of anilines is 1. The first kappa shape index (κ1) is 13.4. The molecule has 1 saturated carbocycles. The molecule has 0 spiro atoms. The van der Waals surface area contributed by atoms with Crippen molar-refractivity contribution in [2.45, 2.75) is 45.1 Å². The average molecular weight is 307 g/mol. The van der Waals surface area contributed by atoms with Gasteiger partial charge in [0.25, 0.3) is 0 Å². The molecule has 0 amide bonds. The second-order valence-corrected chi connectivity index (χ2v) is 6.85.